The first-order valence-electron chi connectivity index (χ1n) is 20.1. The maximum atomic E-state index is 6.19. The van der Waals surface area contributed by atoms with Gasteiger partial charge in [-0.25, -0.2) is 0 Å². The molecule has 0 saturated heterocycles. The average Bonchev–Trinajstić information content (AvgIpc) is 3.22. The van der Waals surface area contributed by atoms with Crippen LogP contribution in [0, 0.1) is 0 Å². The summed E-state index contributed by atoms with van der Waals surface area (Å²) in [6, 6.07) is 36.6. The van der Waals surface area contributed by atoms with Crippen LogP contribution < -0.4 is 49.4 Å². The Bertz CT molecular complexity index is 2350. The summed E-state index contributed by atoms with van der Waals surface area (Å²) >= 11 is 0. The molecule has 0 atom stereocenters. The van der Waals surface area contributed by atoms with Gasteiger partial charge in [-0.05, 0) is 94.8 Å². The van der Waals surface area contributed by atoms with Crippen molar-refractivity contribution >= 4 is 45.5 Å². The first kappa shape index (κ1) is 43.9. The minimum absolute atomic E-state index is 0. The molecule has 0 aliphatic carbocycles. The standard InChI is InChI=1S/C20H25NO.C16H19N3O.C14H13NO3.CH4/c1-19(2,3)13-7-9-15-17(11-13)22-18-12-14(20(4,5)6)8-10-16(18)21-15;1-18(2)11-5-7-13-15(9-11)20-16-10-12(19(3)4)6-8-14(16)17-13;1-16-9-3-5-11-13(7-9)18-14-8-10(17-2)4-6-12(14)15-11;/h7-12,21H,1-6H3;5-10,17H,1-4H3;3-8,15H,1-2H3;1H4. The number of fused-ring (bicyclic) bond motifs is 6. The second kappa shape index (κ2) is 17.5. The lowest BCUT2D eigenvalue weighted by Crippen LogP contribution is -2.14. The summed E-state index contributed by atoms with van der Waals surface area (Å²) in [6.07, 6.45) is 0. The molecule has 0 aromatic heterocycles. The van der Waals surface area contributed by atoms with Gasteiger partial charge in [-0.3, -0.25) is 0 Å². The first-order chi connectivity index (χ1) is 28.5. The van der Waals surface area contributed by atoms with E-state index >= 15 is 0 Å². The topological polar surface area (TPSA) is 88.7 Å². The molecule has 6 aromatic rings. The molecular formula is C51H61N5O5. The smallest absolute Gasteiger partial charge is 0.154 e. The highest BCUT2D eigenvalue weighted by Gasteiger charge is 2.24. The minimum atomic E-state index is 0. The lowest BCUT2D eigenvalue weighted by molar-refractivity contribution is 0.403. The lowest BCUT2D eigenvalue weighted by Gasteiger charge is -2.27. The molecule has 0 spiro atoms. The van der Waals surface area contributed by atoms with Gasteiger partial charge < -0.3 is 49.4 Å². The van der Waals surface area contributed by atoms with Crippen LogP contribution in [0.3, 0.4) is 0 Å². The molecule has 0 amide bonds. The largest absolute Gasteiger partial charge is 0.497 e. The molecule has 0 radical (unpaired) electrons. The molecule has 3 aliphatic rings. The highest BCUT2D eigenvalue weighted by atomic mass is 16.5. The van der Waals surface area contributed by atoms with Crippen LogP contribution in [0.2, 0.25) is 0 Å². The monoisotopic (exact) mass is 823 g/mol. The van der Waals surface area contributed by atoms with Gasteiger partial charge in [0.2, 0.25) is 0 Å². The zero-order valence-corrected chi connectivity index (χ0v) is 36.8. The first-order valence-corrected chi connectivity index (χ1v) is 20.1. The summed E-state index contributed by atoms with van der Waals surface area (Å²) in [5, 5.41) is 10.2. The number of benzene rings is 6. The van der Waals surface area contributed by atoms with Crippen molar-refractivity contribution in [1.29, 1.82) is 0 Å². The van der Waals surface area contributed by atoms with E-state index in [2.05, 4.69) is 116 Å². The molecule has 10 nitrogen and oxygen atoms in total. The Hall–Kier alpha value is -6.68. The van der Waals surface area contributed by atoms with E-state index in [1.165, 1.54) is 11.1 Å². The SMILES string of the molecule is C.CC(C)(C)c1ccc2c(c1)Oc1cc(C(C)(C)C)ccc1N2.CN(C)c1ccc2c(c1)Oc1cc(N(C)C)ccc1N2.COc1ccc2c(c1)Oc1cc(OC)ccc1N2. The number of hydrogen-bond donors (Lipinski definition) is 3. The molecule has 9 rings (SSSR count). The third-order valence-electron chi connectivity index (χ3n) is 10.5. The number of hydrogen-bond acceptors (Lipinski definition) is 10. The Kier molecular flexibility index (Phi) is 12.6. The van der Waals surface area contributed by atoms with Gasteiger partial charge in [0.05, 0.1) is 48.3 Å². The predicted octanol–water partition coefficient (Wildman–Crippen LogP) is 14.0. The molecule has 3 N–H and O–H groups in total. The van der Waals surface area contributed by atoms with Crippen LogP contribution >= 0.6 is 0 Å². The van der Waals surface area contributed by atoms with E-state index in [1.807, 2.05) is 88.9 Å². The minimum Gasteiger partial charge on any atom is -0.497 e. The molecule has 0 saturated carbocycles. The van der Waals surface area contributed by atoms with Gasteiger partial charge in [0, 0.05) is 63.8 Å². The number of nitrogens with one attached hydrogen (secondary N) is 3. The second-order valence-corrected chi connectivity index (χ2v) is 17.5. The van der Waals surface area contributed by atoms with Crippen molar-refractivity contribution in [3.05, 3.63) is 120 Å². The van der Waals surface area contributed by atoms with Crippen LogP contribution in [0.1, 0.15) is 60.1 Å². The zero-order valence-electron chi connectivity index (χ0n) is 36.8. The third-order valence-corrected chi connectivity index (χ3v) is 10.5. The fourth-order valence-electron chi connectivity index (χ4n) is 6.73. The molecule has 0 bridgehead atoms. The summed E-state index contributed by atoms with van der Waals surface area (Å²) in [5.74, 6) is 6.56. The van der Waals surface area contributed by atoms with E-state index in [-0.39, 0.29) is 18.3 Å². The fourth-order valence-corrected chi connectivity index (χ4v) is 6.73. The highest BCUT2D eigenvalue weighted by molar-refractivity contribution is 5.80. The van der Waals surface area contributed by atoms with Crippen LogP contribution in [0.5, 0.6) is 46.0 Å². The Morgan fingerprint density at radius 1 is 0.393 bits per heavy atom. The quantitative estimate of drug-likeness (QED) is 0.159. The van der Waals surface area contributed by atoms with Crippen molar-refractivity contribution in [1.82, 2.24) is 0 Å². The maximum Gasteiger partial charge on any atom is 0.154 e. The second-order valence-electron chi connectivity index (χ2n) is 17.5. The number of methoxy groups -OCH3 is 2. The summed E-state index contributed by atoms with van der Waals surface area (Å²) in [5.41, 5.74) is 11.0. The Morgan fingerprint density at radius 2 is 0.672 bits per heavy atom. The van der Waals surface area contributed by atoms with Gasteiger partial charge in [0.15, 0.2) is 34.5 Å². The van der Waals surface area contributed by atoms with Crippen LogP contribution in [0.4, 0.5) is 45.5 Å². The normalized spacial score (nSPS) is 12.3. The molecule has 10 heteroatoms. The summed E-state index contributed by atoms with van der Waals surface area (Å²) < 4.78 is 28.4. The van der Waals surface area contributed by atoms with E-state index in [9.17, 15) is 0 Å². The lowest BCUT2D eigenvalue weighted by atomic mass is 9.86. The van der Waals surface area contributed by atoms with Gasteiger partial charge in [0.25, 0.3) is 0 Å². The van der Waals surface area contributed by atoms with Crippen molar-refractivity contribution in [2.75, 3.05) is 68.2 Å². The maximum absolute atomic E-state index is 6.19. The summed E-state index contributed by atoms with van der Waals surface area (Å²) in [7, 11) is 11.4. The van der Waals surface area contributed by atoms with E-state index in [0.29, 0.717) is 0 Å². The van der Waals surface area contributed by atoms with Crippen molar-refractivity contribution in [2.45, 2.75) is 59.8 Å². The number of nitrogens with zero attached hydrogens (tertiary/aromatic N) is 2. The molecule has 0 fully saturated rings. The van der Waals surface area contributed by atoms with Crippen LogP contribution in [-0.2, 0) is 10.8 Å². The van der Waals surface area contributed by atoms with Crippen molar-refractivity contribution in [3.8, 4) is 46.0 Å². The van der Waals surface area contributed by atoms with Crippen LogP contribution in [0.25, 0.3) is 0 Å². The third kappa shape index (κ3) is 9.86. The van der Waals surface area contributed by atoms with E-state index in [1.54, 1.807) is 14.2 Å². The molecule has 61 heavy (non-hydrogen) atoms. The van der Waals surface area contributed by atoms with Gasteiger partial charge >= 0.3 is 0 Å². The summed E-state index contributed by atoms with van der Waals surface area (Å²) in [6.45, 7) is 13.3. The molecule has 320 valence electrons. The molecule has 0 unspecified atom stereocenters. The van der Waals surface area contributed by atoms with Gasteiger partial charge in [0.1, 0.15) is 11.5 Å². The van der Waals surface area contributed by atoms with E-state index in [0.717, 1.165) is 91.5 Å². The molecule has 3 heterocycles. The average molecular weight is 824 g/mol. The summed E-state index contributed by atoms with van der Waals surface area (Å²) in [4.78, 5) is 4.13. The molecular weight excluding hydrogens is 763 g/mol. The predicted molar refractivity (Wildman–Crippen MR) is 255 cm³/mol. The van der Waals surface area contributed by atoms with E-state index < -0.39 is 0 Å². The highest BCUT2D eigenvalue weighted by Crippen LogP contribution is 2.47. The molecule has 6 aromatic carbocycles. The number of rotatable bonds is 4. The van der Waals surface area contributed by atoms with E-state index in [4.69, 9.17) is 23.7 Å². The van der Waals surface area contributed by atoms with Crippen molar-refractivity contribution in [3.63, 3.8) is 0 Å². The van der Waals surface area contributed by atoms with Gasteiger partial charge in [-0.1, -0.05) is 61.1 Å². The Labute approximate surface area is 362 Å². The Morgan fingerprint density at radius 3 is 0.967 bits per heavy atom. The van der Waals surface area contributed by atoms with Gasteiger partial charge in [-0.2, -0.15) is 0 Å². The number of anilines is 8. The van der Waals surface area contributed by atoms with Crippen LogP contribution in [0.15, 0.2) is 109 Å². The van der Waals surface area contributed by atoms with Gasteiger partial charge in [-0.15, -0.1) is 0 Å². The Balaban J connectivity index is 0.000000152. The van der Waals surface area contributed by atoms with Crippen molar-refractivity contribution in [2.24, 2.45) is 0 Å². The molecule has 3 aliphatic heterocycles. The van der Waals surface area contributed by atoms with Crippen LogP contribution in [-0.4, -0.2) is 42.4 Å². The zero-order chi connectivity index (χ0) is 42.9. The number of ether oxygens (including phenoxy) is 5. The van der Waals surface area contributed by atoms with Crippen molar-refractivity contribution < 1.29 is 23.7 Å². The fraction of sp³-hybridized carbons (Fsp3) is 0.294.